The third kappa shape index (κ3) is 1.50. The summed E-state index contributed by atoms with van der Waals surface area (Å²) < 4.78 is 29.9. The predicted octanol–water partition coefficient (Wildman–Crippen LogP) is 2.18. The van der Waals surface area contributed by atoms with Gasteiger partial charge in [-0.15, -0.1) is 0 Å². The maximum absolute atomic E-state index is 12.2. The predicted molar refractivity (Wildman–Crippen MR) is 65.4 cm³/mol. The molecule has 1 fully saturated rings. The average Bonchev–Trinajstić information content (AvgIpc) is 3.08. The summed E-state index contributed by atoms with van der Waals surface area (Å²) in [7, 11) is -3.52. The van der Waals surface area contributed by atoms with Gasteiger partial charge in [0.15, 0.2) is 5.78 Å². The number of hydrogen-bond donors (Lipinski definition) is 0. The highest BCUT2D eigenvalue weighted by atomic mass is 32.2. The number of carbonyl (C=O) groups excluding carboxylic acids is 1. The van der Waals surface area contributed by atoms with Crippen LogP contribution in [-0.4, -0.2) is 19.1 Å². The zero-order valence-electron chi connectivity index (χ0n) is 10.3. The van der Waals surface area contributed by atoms with Crippen LogP contribution in [0.4, 0.5) is 0 Å². The minimum atomic E-state index is -3.52. The van der Waals surface area contributed by atoms with E-state index >= 15 is 0 Å². The molecule has 96 valence electrons. The summed E-state index contributed by atoms with van der Waals surface area (Å²) in [5.74, 6) is 0.464. The molecule has 1 aromatic carbocycles. The molecule has 18 heavy (non-hydrogen) atoms. The van der Waals surface area contributed by atoms with Gasteiger partial charge in [-0.05, 0) is 44.9 Å². The highest BCUT2D eigenvalue weighted by Crippen LogP contribution is 2.43. The van der Waals surface area contributed by atoms with Gasteiger partial charge in [0.2, 0.25) is 14.8 Å². The van der Waals surface area contributed by atoms with E-state index in [-0.39, 0.29) is 16.6 Å². The molecular weight excluding hydrogens is 252 g/mol. The lowest BCUT2D eigenvalue weighted by atomic mass is 10.1. The second-order valence-electron chi connectivity index (χ2n) is 5.31. The third-order valence-electron chi connectivity index (χ3n) is 3.47. The first-order valence-corrected chi connectivity index (χ1v) is 7.43. The lowest BCUT2D eigenvalue weighted by Gasteiger charge is -2.15. The lowest BCUT2D eigenvalue weighted by Crippen LogP contribution is -2.32. The summed E-state index contributed by atoms with van der Waals surface area (Å²) in [6, 6.07) is 4.69. The van der Waals surface area contributed by atoms with Crippen LogP contribution in [0.1, 0.15) is 37.0 Å². The number of fused-ring (bicyclic) bond motifs is 1. The van der Waals surface area contributed by atoms with E-state index in [9.17, 15) is 13.2 Å². The minimum absolute atomic E-state index is 0.0395. The van der Waals surface area contributed by atoms with Gasteiger partial charge in [-0.1, -0.05) is 0 Å². The highest BCUT2D eigenvalue weighted by molar-refractivity contribution is 7.93. The summed E-state index contributed by atoms with van der Waals surface area (Å²) in [5.41, 5.74) is 0.473. The molecule has 4 nitrogen and oxygen atoms in total. The number of ether oxygens (including phenoxy) is 1. The van der Waals surface area contributed by atoms with Gasteiger partial charge in [0, 0.05) is 11.5 Å². The number of benzene rings is 1. The Balaban J connectivity index is 2.10. The first kappa shape index (κ1) is 11.7. The molecule has 1 aromatic rings. The number of hydrogen-bond acceptors (Lipinski definition) is 4. The van der Waals surface area contributed by atoms with Crippen LogP contribution in [0.2, 0.25) is 0 Å². The van der Waals surface area contributed by atoms with Crippen LogP contribution < -0.4 is 4.74 Å². The molecule has 2 aliphatic rings. The van der Waals surface area contributed by atoms with Gasteiger partial charge in [-0.25, -0.2) is 8.42 Å². The molecule has 0 bridgehead atoms. The van der Waals surface area contributed by atoms with E-state index in [1.165, 1.54) is 19.9 Å². The van der Waals surface area contributed by atoms with Crippen molar-refractivity contribution in [1.29, 1.82) is 0 Å². The topological polar surface area (TPSA) is 60.4 Å². The molecule has 0 amide bonds. The van der Waals surface area contributed by atoms with Crippen molar-refractivity contribution in [3.63, 3.8) is 0 Å². The van der Waals surface area contributed by atoms with E-state index in [0.29, 0.717) is 11.3 Å². The van der Waals surface area contributed by atoms with Gasteiger partial charge in [0.1, 0.15) is 10.6 Å². The number of rotatable bonds is 2. The van der Waals surface area contributed by atoms with Crippen molar-refractivity contribution in [1.82, 2.24) is 0 Å². The van der Waals surface area contributed by atoms with E-state index in [0.717, 1.165) is 12.8 Å². The number of ketones is 1. The summed E-state index contributed by atoms with van der Waals surface area (Å²) in [6.07, 6.45) is 1.81. The Hall–Kier alpha value is -1.36. The smallest absolute Gasteiger partial charge is 0.222 e. The Morgan fingerprint density at radius 1 is 1.33 bits per heavy atom. The number of Topliss-reactive ketones (excluding diaryl/α,β-unsaturated/α-hetero) is 1. The monoisotopic (exact) mass is 266 g/mol. The van der Waals surface area contributed by atoms with Gasteiger partial charge in [-0.2, -0.15) is 0 Å². The van der Waals surface area contributed by atoms with E-state index in [4.69, 9.17) is 4.74 Å². The molecule has 0 spiro atoms. The molecule has 0 saturated heterocycles. The molecule has 0 unspecified atom stereocenters. The highest BCUT2D eigenvalue weighted by Gasteiger charge is 2.46. The maximum atomic E-state index is 12.2. The molecule has 0 radical (unpaired) electrons. The fourth-order valence-corrected chi connectivity index (χ4v) is 3.51. The van der Waals surface area contributed by atoms with Crippen LogP contribution in [-0.2, 0) is 9.84 Å². The maximum Gasteiger partial charge on any atom is 0.222 e. The van der Waals surface area contributed by atoms with Crippen molar-refractivity contribution < 1.29 is 17.9 Å². The Labute approximate surface area is 106 Å². The molecule has 1 heterocycles. The van der Waals surface area contributed by atoms with Gasteiger partial charge in [0.05, 0.1) is 0 Å². The molecule has 1 saturated carbocycles. The first-order valence-electron chi connectivity index (χ1n) is 5.95. The molecular formula is C13H14O4S. The Morgan fingerprint density at radius 2 is 2.00 bits per heavy atom. The van der Waals surface area contributed by atoms with Crippen molar-refractivity contribution in [2.24, 2.45) is 5.92 Å². The second-order valence-corrected chi connectivity index (χ2v) is 7.74. The zero-order chi connectivity index (χ0) is 13.1. The van der Waals surface area contributed by atoms with Crippen LogP contribution in [0.3, 0.4) is 0 Å². The minimum Gasteiger partial charge on any atom is -0.470 e. The third-order valence-corrected chi connectivity index (χ3v) is 5.74. The fourth-order valence-electron chi connectivity index (χ4n) is 2.12. The van der Waals surface area contributed by atoms with E-state index in [1.54, 1.807) is 12.1 Å². The molecule has 1 aliphatic heterocycles. The molecule has 1 aliphatic carbocycles. The average molecular weight is 266 g/mol. The van der Waals surface area contributed by atoms with Crippen LogP contribution in [0.5, 0.6) is 5.75 Å². The van der Waals surface area contributed by atoms with Crippen LogP contribution in [0.15, 0.2) is 23.1 Å². The number of carbonyl (C=O) groups is 1. The molecule has 0 atom stereocenters. The van der Waals surface area contributed by atoms with Crippen molar-refractivity contribution in [2.45, 2.75) is 36.5 Å². The van der Waals surface area contributed by atoms with E-state index < -0.39 is 14.8 Å². The second kappa shape index (κ2) is 3.35. The molecule has 5 heteroatoms. The van der Waals surface area contributed by atoms with Gasteiger partial charge in [0.25, 0.3) is 0 Å². The summed E-state index contributed by atoms with van der Waals surface area (Å²) in [5, 5.41) is 0. The molecule has 0 aromatic heterocycles. The van der Waals surface area contributed by atoms with Gasteiger partial charge >= 0.3 is 0 Å². The van der Waals surface area contributed by atoms with Crippen molar-refractivity contribution in [3.05, 3.63) is 23.8 Å². The van der Waals surface area contributed by atoms with E-state index in [2.05, 4.69) is 0 Å². The fraction of sp³-hybridized carbons (Fsp3) is 0.462. The summed E-state index contributed by atoms with van der Waals surface area (Å²) in [4.78, 5) is 10.8. The molecule has 3 rings (SSSR count). The summed E-state index contributed by atoms with van der Waals surface area (Å²) in [6.45, 7) is 3.04. The van der Waals surface area contributed by atoms with Crippen molar-refractivity contribution in [3.8, 4) is 5.75 Å². The Morgan fingerprint density at radius 3 is 2.61 bits per heavy atom. The van der Waals surface area contributed by atoms with Crippen LogP contribution in [0.25, 0.3) is 0 Å². The largest absolute Gasteiger partial charge is 0.470 e. The van der Waals surface area contributed by atoms with Crippen LogP contribution >= 0.6 is 0 Å². The quantitative estimate of drug-likeness (QED) is 0.770. The van der Waals surface area contributed by atoms with Gasteiger partial charge in [-0.3, -0.25) is 4.79 Å². The summed E-state index contributed by atoms with van der Waals surface area (Å²) >= 11 is 0. The Bertz CT molecular complexity index is 639. The molecule has 0 N–H and O–H groups in total. The Kier molecular flexibility index (Phi) is 2.18. The van der Waals surface area contributed by atoms with Crippen molar-refractivity contribution >= 4 is 15.6 Å². The normalized spacial score (nSPS) is 23.2. The van der Waals surface area contributed by atoms with Crippen LogP contribution in [0, 0.1) is 5.92 Å². The first-order chi connectivity index (χ1) is 8.33. The zero-order valence-corrected chi connectivity index (χ0v) is 11.1. The SMILES string of the molecule is CC1(C)Oc2ccc(C(=O)C3CC3)cc2S1(=O)=O. The van der Waals surface area contributed by atoms with E-state index in [1.807, 2.05) is 0 Å². The number of sulfone groups is 1. The standard InChI is InChI=1S/C13H14O4S/c1-13(2)17-10-6-5-9(12(14)8-3-4-8)7-11(10)18(13,15)16/h5-8H,3-4H2,1-2H3. The lowest BCUT2D eigenvalue weighted by molar-refractivity contribution is 0.0967. The van der Waals surface area contributed by atoms with Gasteiger partial charge < -0.3 is 4.74 Å². The van der Waals surface area contributed by atoms with Crippen molar-refractivity contribution in [2.75, 3.05) is 0 Å².